The summed E-state index contributed by atoms with van der Waals surface area (Å²) in [5.41, 5.74) is 5.12. The van der Waals surface area contributed by atoms with E-state index in [4.69, 9.17) is 17.3 Å². The smallest absolute Gasteiger partial charge is 0.312 e. The highest BCUT2D eigenvalue weighted by Crippen LogP contribution is 2.19. The van der Waals surface area contributed by atoms with Crippen LogP contribution in [0.15, 0.2) is 29.2 Å². The van der Waals surface area contributed by atoms with Gasteiger partial charge in [-0.1, -0.05) is 31.9 Å². The Balaban J connectivity index is 2.39. The van der Waals surface area contributed by atoms with Crippen LogP contribution < -0.4 is 16.4 Å². The van der Waals surface area contributed by atoms with Crippen LogP contribution in [0.3, 0.4) is 0 Å². The molecule has 0 radical (unpaired) electrons. The minimum Gasteiger partial charge on any atom is -0.353 e. The molecule has 0 aromatic heterocycles. The second-order valence-electron chi connectivity index (χ2n) is 4.97. The molecule has 0 unspecified atom stereocenters. The van der Waals surface area contributed by atoms with E-state index in [9.17, 15) is 9.59 Å². The van der Waals surface area contributed by atoms with E-state index in [1.165, 1.54) is 0 Å². The van der Waals surface area contributed by atoms with Crippen LogP contribution in [-0.2, 0) is 4.79 Å². The molecular formula is C15H22ClN3O2S. The molecule has 4 N–H and O–H groups in total. The molecular weight excluding hydrogens is 322 g/mol. The molecule has 3 amide bonds. The van der Waals surface area contributed by atoms with Gasteiger partial charge in [-0.2, -0.15) is 0 Å². The van der Waals surface area contributed by atoms with Crippen molar-refractivity contribution in [3.63, 3.8) is 0 Å². The first-order valence-electron chi connectivity index (χ1n) is 7.16. The predicted octanol–water partition coefficient (Wildman–Crippen LogP) is 2.63. The lowest BCUT2D eigenvalue weighted by molar-refractivity contribution is -0.123. The monoisotopic (exact) mass is 343 g/mol. The summed E-state index contributed by atoms with van der Waals surface area (Å²) in [5, 5.41) is 6.03. The van der Waals surface area contributed by atoms with Gasteiger partial charge in [-0.15, -0.1) is 11.8 Å². The third kappa shape index (κ3) is 6.58. The van der Waals surface area contributed by atoms with E-state index in [-0.39, 0.29) is 11.8 Å². The molecule has 22 heavy (non-hydrogen) atoms. The average Bonchev–Trinajstić information content (AvgIpc) is 2.49. The molecule has 122 valence electrons. The Hall–Kier alpha value is -1.40. The zero-order valence-corrected chi connectivity index (χ0v) is 14.3. The number of nitrogens with one attached hydrogen (secondary N) is 2. The molecule has 0 saturated carbocycles. The van der Waals surface area contributed by atoms with Gasteiger partial charge in [0.05, 0.1) is 0 Å². The van der Waals surface area contributed by atoms with Gasteiger partial charge in [0.1, 0.15) is 6.04 Å². The Morgan fingerprint density at radius 1 is 1.32 bits per heavy atom. The van der Waals surface area contributed by atoms with E-state index in [0.717, 1.165) is 17.1 Å². The molecule has 1 aromatic carbocycles. The molecule has 0 saturated heterocycles. The molecule has 0 fully saturated rings. The number of urea groups is 1. The van der Waals surface area contributed by atoms with Gasteiger partial charge >= 0.3 is 6.03 Å². The fraction of sp³-hybridized carbons (Fsp3) is 0.467. The van der Waals surface area contributed by atoms with Crippen molar-refractivity contribution in [1.29, 1.82) is 0 Å². The highest BCUT2D eigenvalue weighted by Gasteiger charge is 2.24. The number of amides is 3. The molecule has 1 rings (SSSR count). The van der Waals surface area contributed by atoms with Crippen LogP contribution in [0.2, 0.25) is 5.02 Å². The molecule has 2 atom stereocenters. The van der Waals surface area contributed by atoms with Crippen LogP contribution in [0.1, 0.15) is 20.3 Å². The molecule has 0 heterocycles. The number of hydrogen-bond acceptors (Lipinski definition) is 3. The molecule has 5 nitrogen and oxygen atoms in total. The minimum absolute atomic E-state index is 0.0245. The van der Waals surface area contributed by atoms with E-state index < -0.39 is 12.1 Å². The third-order valence-electron chi connectivity index (χ3n) is 3.28. The van der Waals surface area contributed by atoms with Gasteiger partial charge in [0.25, 0.3) is 0 Å². The lowest BCUT2D eigenvalue weighted by Gasteiger charge is -2.22. The second-order valence-corrected chi connectivity index (χ2v) is 6.57. The summed E-state index contributed by atoms with van der Waals surface area (Å²) in [6, 6.07) is 6.26. The summed E-state index contributed by atoms with van der Waals surface area (Å²) in [6.45, 7) is 4.38. The molecule has 0 aliphatic rings. The maximum atomic E-state index is 12.1. The molecule has 7 heteroatoms. The van der Waals surface area contributed by atoms with Gasteiger partial charge in [-0.25, -0.2) is 4.79 Å². The fourth-order valence-corrected chi connectivity index (χ4v) is 2.73. The van der Waals surface area contributed by atoms with E-state index in [1.807, 2.05) is 38.1 Å². The summed E-state index contributed by atoms with van der Waals surface area (Å²) in [6.07, 6.45) is 0.776. The predicted molar refractivity (Wildman–Crippen MR) is 91.1 cm³/mol. The van der Waals surface area contributed by atoms with Gasteiger partial charge in [0.2, 0.25) is 5.91 Å². The van der Waals surface area contributed by atoms with Crippen LogP contribution in [0, 0.1) is 5.92 Å². The Kier molecular flexibility index (Phi) is 8.12. The van der Waals surface area contributed by atoms with Gasteiger partial charge in [-0.3, -0.25) is 4.79 Å². The maximum absolute atomic E-state index is 12.1. The number of carbonyl (C=O) groups excluding carboxylic acids is 2. The van der Waals surface area contributed by atoms with Gasteiger partial charge < -0.3 is 16.4 Å². The third-order valence-corrected chi connectivity index (χ3v) is 4.54. The van der Waals surface area contributed by atoms with Crippen LogP contribution >= 0.6 is 23.4 Å². The number of carbonyl (C=O) groups is 2. The first-order valence-corrected chi connectivity index (χ1v) is 8.52. The van der Waals surface area contributed by atoms with E-state index in [2.05, 4.69) is 10.6 Å². The summed E-state index contributed by atoms with van der Waals surface area (Å²) in [7, 11) is 0. The van der Waals surface area contributed by atoms with Crippen molar-refractivity contribution in [2.75, 3.05) is 12.3 Å². The summed E-state index contributed by atoms with van der Waals surface area (Å²) >= 11 is 7.45. The Morgan fingerprint density at radius 2 is 1.95 bits per heavy atom. The Bertz CT molecular complexity index is 496. The van der Waals surface area contributed by atoms with Crippen molar-refractivity contribution in [3.8, 4) is 0 Å². The van der Waals surface area contributed by atoms with Crippen LogP contribution in [0.4, 0.5) is 4.79 Å². The zero-order valence-electron chi connectivity index (χ0n) is 12.8. The van der Waals surface area contributed by atoms with Crippen LogP contribution in [-0.4, -0.2) is 30.3 Å². The normalized spacial score (nSPS) is 13.2. The zero-order chi connectivity index (χ0) is 16.5. The highest BCUT2D eigenvalue weighted by atomic mass is 35.5. The van der Waals surface area contributed by atoms with Crippen molar-refractivity contribution in [2.45, 2.75) is 31.2 Å². The Morgan fingerprint density at radius 3 is 2.50 bits per heavy atom. The number of nitrogens with two attached hydrogens (primary N) is 1. The lowest BCUT2D eigenvalue weighted by Crippen LogP contribution is -2.52. The first kappa shape index (κ1) is 18.6. The van der Waals surface area contributed by atoms with Gasteiger partial charge in [0, 0.05) is 22.2 Å². The maximum Gasteiger partial charge on any atom is 0.312 e. The average molecular weight is 344 g/mol. The number of benzene rings is 1. The summed E-state index contributed by atoms with van der Waals surface area (Å²) in [5.74, 6) is 0.554. The number of halogens is 1. The van der Waals surface area contributed by atoms with Crippen molar-refractivity contribution in [1.82, 2.24) is 10.6 Å². The minimum atomic E-state index is -0.684. The van der Waals surface area contributed by atoms with E-state index >= 15 is 0 Å². The fourth-order valence-electron chi connectivity index (χ4n) is 1.84. The van der Waals surface area contributed by atoms with Crippen molar-refractivity contribution in [2.24, 2.45) is 11.7 Å². The Labute approximate surface area is 140 Å². The summed E-state index contributed by atoms with van der Waals surface area (Å²) in [4.78, 5) is 24.2. The molecule has 0 aliphatic heterocycles. The lowest BCUT2D eigenvalue weighted by atomic mass is 9.98. The first-order chi connectivity index (χ1) is 10.4. The van der Waals surface area contributed by atoms with Crippen LogP contribution in [0.25, 0.3) is 0 Å². The van der Waals surface area contributed by atoms with E-state index in [1.54, 1.807) is 11.8 Å². The number of thioether (sulfide) groups is 1. The standard InChI is InChI=1S/C15H22ClN3O2S/c1-3-10(2)13(19-15(17)21)14(20)18-8-9-22-12-6-4-11(16)5-7-12/h4-7,10,13H,3,8-9H2,1-2H3,(H,18,20)(H3,17,19,21)/t10-,13-/m0/s1. The molecule has 0 spiro atoms. The summed E-state index contributed by atoms with van der Waals surface area (Å²) < 4.78 is 0. The van der Waals surface area contributed by atoms with Gasteiger partial charge in [0.15, 0.2) is 0 Å². The van der Waals surface area contributed by atoms with Gasteiger partial charge in [-0.05, 0) is 30.2 Å². The molecule has 1 aromatic rings. The van der Waals surface area contributed by atoms with Crippen molar-refractivity contribution in [3.05, 3.63) is 29.3 Å². The van der Waals surface area contributed by atoms with Crippen molar-refractivity contribution < 1.29 is 9.59 Å². The topological polar surface area (TPSA) is 84.2 Å². The number of hydrogen-bond donors (Lipinski definition) is 3. The van der Waals surface area contributed by atoms with Crippen LogP contribution in [0.5, 0.6) is 0 Å². The van der Waals surface area contributed by atoms with Crippen molar-refractivity contribution >= 4 is 35.3 Å². The highest BCUT2D eigenvalue weighted by molar-refractivity contribution is 7.99. The second kappa shape index (κ2) is 9.58. The quantitative estimate of drug-likeness (QED) is 0.501. The molecule has 0 aliphatic carbocycles. The largest absolute Gasteiger partial charge is 0.353 e. The molecule has 0 bridgehead atoms. The SMILES string of the molecule is CC[C@H](C)[C@H](NC(N)=O)C(=O)NCCSc1ccc(Cl)cc1. The number of primary amides is 1. The number of rotatable bonds is 8. The van der Waals surface area contributed by atoms with E-state index in [0.29, 0.717) is 11.6 Å².